The molecule has 1 rings (SSSR count). The molecule has 17 heavy (non-hydrogen) atoms. The van der Waals surface area contributed by atoms with Crippen LogP contribution in [0.3, 0.4) is 0 Å². The average Bonchev–Trinajstić information content (AvgIpc) is 2.20. The molecule has 0 unspecified atom stereocenters. The quantitative estimate of drug-likeness (QED) is 0.785. The normalized spacial score (nSPS) is 11.4. The number of benzene rings is 1. The fourth-order valence-electron chi connectivity index (χ4n) is 1.36. The Balaban J connectivity index is 2.89. The van der Waals surface area contributed by atoms with Crippen molar-refractivity contribution in [1.82, 2.24) is 4.72 Å². The van der Waals surface area contributed by atoms with Gasteiger partial charge in [0.15, 0.2) is 0 Å². The molecular weight excluding hydrogens is 242 g/mol. The van der Waals surface area contributed by atoms with E-state index < -0.39 is 16.0 Å². The number of carboxylic acid groups (broad SMARTS) is 1. The number of hydrogen-bond donors (Lipinski definition) is 1. The Morgan fingerprint density at radius 1 is 1.35 bits per heavy atom. The molecular formula is C11H14NO4S-. The highest BCUT2D eigenvalue weighted by Crippen LogP contribution is 2.16. The Bertz CT molecular complexity index is 522. The predicted octanol–water partition coefficient (Wildman–Crippen LogP) is -0.278. The van der Waals surface area contributed by atoms with Gasteiger partial charge in [0.2, 0.25) is 10.0 Å². The third kappa shape index (κ3) is 3.83. The van der Waals surface area contributed by atoms with Crippen LogP contribution in [-0.4, -0.2) is 20.9 Å². The fourth-order valence-corrected chi connectivity index (χ4v) is 2.72. The maximum absolute atomic E-state index is 11.9. The molecule has 0 radical (unpaired) electrons. The van der Waals surface area contributed by atoms with Crippen molar-refractivity contribution in [3.8, 4) is 0 Å². The van der Waals surface area contributed by atoms with Crippen molar-refractivity contribution in [2.75, 3.05) is 6.54 Å². The summed E-state index contributed by atoms with van der Waals surface area (Å²) in [6.07, 6.45) is -0.343. The molecule has 0 fully saturated rings. The Morgan fingerprint density at radius 3 is 2.59 bits per heavy atom. The number of carboxylic acids is 1. The van der Waals surface area contributed by atoms with Crippen LogP contribution in [0, 0.1) is 13.8 Å². The second-order valence-electron chi connectivity index (χ2n) is 3.79. The molecule has 0 atom stereocenters. The van der Waals surface area contributed by atoms with Gasteiger partial charge in [0, 0.05) is 18.9 Å². The van der Waals surface area contributed by atoms with E-state index in [0.717, 1.165) is 5.56 Å². The number of carbonyl (C=O) groups excluding carboxylic acids is 1. The number of aryl methyl sites for hydroxylation is 2. The van der Waals surface area contributed by atoms with Gasteiger partial charge in [0.1, 0.15) is 0 Å². The number of rotatable bonds is 5. The largest absolute Gasteiger partial charge is 0.550 e. The van der Waals surface area contributed by atoms with Crippen molar-refractivity contribution in [3.05, 3.63) is 29.3 Å². The van der Waals surface area contributed by atoms with Crippen molar-refractivity contribution in [2.45, 2.75) is 25.2 Å². The molecule has 5 nitrogen and oxygen atoms in total. The van der Waals surface area contributed by atoms with E-state index in [1.165, 1.54) is 0 Å². The lowest BCUT2D eigenvalue weighted by atomic mass is 10.2. The summed E-state index contributed by atoms with van der Waals surface area (Å²) in [6.45, 7) is 3.31. The van der Waals surface area contributed by atoms with E-state index in [0.29, 0.717) is 5.56 Å². The molecule has 0 spiro atoms. The first kappa shape index (κ1) is 13.7. The monoisotopic (exact) mass is 256 g/mol. The topological polar surface area (TPSA) is 86.3 Å². The number of nitrogens with one attached hydrogen (secondary N) is 1. The van der Waals surface area contributed by atoms with Crippen molar-refractivity contribution in [1.29, 1.82) is 0 Å². The van der Waals surface area contributed by atoms with Gasteiger partial charge in [-0.15, -0.1) is 0 Å². The van der Waals surface area contributed by atoms with E-state index in [1.807, 2.05) is 6.07 Å². The Labute approximate surface area is 101 Å². The average molecular weight is 256 g/mol. The van der Waals surface area contributed by atoms with Crippen molar-refractivity contribution in [3.63, 3.8) is 0 Å². The highest BCUT2D eigenvalue weighted by atomic mass is 32.2. The van der Waals surface area contributed by atoms with Crippen LogP contribution in [0.5, 0.6) is 0 Å². The van der Waals surface area contributed by atoms with Crippen LogP contribution >= 0.6 is 0 Å². The second-order valence-corrected chi connectivity index (χ2v) is 5.52. The first-order valence-corrected chi connectivity index (χ1v) is 6.58. The molecule has 1 aromatic rings. The van der Waals surface area contributed by atoms with E-state index in [2.05, 4.69) is 4.72 Å². The summed E-state index contributed by atoms with van der Waals surface area (Å²) in [7, 11) is -3.65. The summed E-state index contributed by atoms with van der Waals surface area (Å²) in [5, 5.41) is 10.2. The highest BCUT2D eigenvalue weighted by molar-refractivity contribution is 7.89. The van der Waals surface area contributed by atoms with Gasteiger partial charge in [-0.3, -0.25) is 0 Å². The first-order valence-electron chi connectivity index (χ1n) is 5.09. The van der Waals surface area contributed by atoms with E-state index in [1.54, 1.807) is 26.0 Å². The van der Waals surface area contributed by atoms with Crippen LogP contribution < -0.4 is 9.83 Å². The highest BCUT2D eigenvalue weighted by Gasteiger charge is 2.15. The van der Waals surface area contributed by atoms with Crippen LogP contribution in [0.25, 0.3) is 0 Å². The van der Waals surface area contributed by atoms with Crippen molar-refractivity contribution in [2.24, 2.45) is 0 Å². The predicted molar refractivity (Wildman–Crippen MR) is 60.7 cm³/mol. The molecule has 1 aromatic carbocycles. The van der Waals surface area contributed by atoms with E-state index in [9.17, 15) is 18.3 Å². The summed E-state index contributed by atoms with van der Waals surface area (Å²) >= 11 is 0. The van der Waals surface area contributed by atoms with Gasteiger partial charge in [-0.1, -0.05) is 12.1 Å². The SMILES string of the molecule is Cc1ccc(C)c(S(=O)(=O)NCCC(=O)[O-])c1. The molecule has 0 saturated carbocycles. The van der Waals surface area contributed by atoms with Crippen LogP contribution in [0.2, 0.25) is 0 Å². The minimum Gasteiger partial charge on any atom is -0.550 e. The number of aliphatic carboxylic acids is 1. The van der Waals surface area contributed by atoms with Gasteiger partial charge < -0.3 is 9.90 Å². The molecule has 0 aliphatic carbocycles. The zero-order valence-electron chi connectivity index (χ0n) is 9.69. The Kier molecular flexibility index (Phi) is 4.25. The van der Waals surface area contributed by atoms with Crippen LogP contribution in [0.1, 0.15) is 17.5 Å². The smallest absolute Gasteiger partial charge is 0.240 e. The van der Waals surface area contributed by atoms with Gasteiger partial charge in [-0.25, -0.2) is 13.1 Å². The molecule has 0 saturated heterocycles. The van der Waals surface area contributed by atoms with Crippen LogP contribution in [0.4, 0.5) is 0 Å². The lowest BCUT2D eigenvalue weighted by Gasteiger charge is -2.10. The lowest BCUT2D eigenvalue weighted by Crippen LogP contribution is -2.31. The fraction of sp³-hybridized carbons (Fsp3) is 0.364. The summed E-state index contributed by atoms with van der Waals surface area (Å²) in [4.78, 5) is 10.4. The zero-order valence-corrected chi connectivity index (χ0v) is 10.5. The first-order chi connectivity index (χ1) is 7.83. The molecule has 0 amide bonds. The van der Waals surface area contributed by atoms with Crippen molar-refractivity contribution < 1.29 is 18.3 Å². The molecule has 6 heteroatoms. The van der Waals surface area contributed by atoms with Gasteiger partial charge in [0.25, 0.3) is 0 Å². The minimum absolute atomic E-state index is 0.169. The molecule has 94 valence electrons. The molecule has 0 heterocycles. The molecule has 0 aliphatic rings. The van der Waals surface area contributed by atoms with E-state index >= 15 is 0 Å². The Hall–Kier alpha value is -1.40. The number of hydrogen-bond acceptors (Lipinski definition) is 4. The third-order valence-corrected chi connectivity index (χ3v) is 3.86. The summed E-state index contributed by atoms with van der Waals surface area (Å²) in [5.74, 6) is -1.28. The maximum atomic E-state index is 11.9. The van der Waals surface area contributed by atoms with Crippen LogP contribution in [-0.2, 0) is 14.8 Å². The van der Waals surface area contributed by atoms with Gasteiger partial charge in [-0.2, -0.15) is 0 Å². The number of sulfonamides is 1. The van der Waals surface area contributed by atoms with Gasteiger partial charge in [0.05, 0.1) is 4.90 Å². The molecule has 0 bridgehead atoms. The van der Waals surface area contributed by atoms with Gasteiger partial charge in [-0.05, 0) is 31.0 Å². The second kappa shape index (κ2) is 5.29. The van der Waals surface area contributed by atoms with E-state index in [-0.39, 0.29) is 17.9 Å². The molecule has 1 N–H and O–H groups in total. The van der Waals surface area contributed by atoms with E-state index in [4.69, 9.17) is 0 Å². The van der Waals surface area contributed by atoms with Crippen LogP contribution in [0.15, 0.2) is 23.1 Å². The summed E-state index contributed by atoms with van der Waals surface area (Å²) in [5.41, 5.74) is 1.45. The molecule has 0 aromatic heterocycles. The third-order valence-electron chi connectivity index (χ3n) is 2.25. The lowest BCUT2D eigenvalue weighted by molar-refractivity contribution is -0.305. The standard InChI is InChI=1S/C11H15NO4S/c1-8-3-4-9(2)10(7-8)17(15,16)12-6-5-11(13)14/h3-4,7,12H,5-6H2,1-2H3,(H,13,14)/p-1. The zero-order chi connectivity index (χ0) is 13.1. The number of carbonyl (C=O) groups is 1. The summed E-state index contributed by atoms with van der Waals surface area (Å²) in [6, 6.07) is 5.08. The van der Waals surface area contributed by atoms with Gasteiger partial charge >= 0.3 is 0 Å². The van der Waals surface area contributed by atoms with Crippen molar-refractivity contribution >= 4 is 16.0 Å². The molecule has 0 aliphatic heterocycles. The Morgan fingerprint density at radius 2 is 2.00 bits per heavy atom. The summed E-state index contributed by atoms with van der Waals surface area (Å²) < 4.78 is 26.0. The maximum Gasteiger partial charge on any atom is 0.240 e. The minimum atomic E-state index is -3.65.